The van der Waals surface area contributed by atoms with E-state index in [4.69, 9.17) is 0 Å². The molecule has 0 spiro atoms. The highest BCUT2D eigenvalue weighted by atomic mass is 16.4. The van der Waals surface area contributed by atoms with Gasteiger partial charge < -0.3 is 5.11 Å². The summed E-state index contributed by atoms with van der Waals surface area (Å²) in [6.07, 6.45) is 7.02. The Labute approximate surface area is 120 Å². The molecule has 0 amide bonds. The SMILES string of the molecule is CCN(Cc1ccn(C2CCCC2)n1)C(C)(C)C(=O)O. The van der Waals surface area contributed by atoms with E-state index >= 15 is 0 Å². The summed E-state index contributed by atoms with van der Waals surface area (Å²) in [5.74, 6) is -0.797. The van der Waals surface area contributed by atoms with Gasteiger partial charge in [-0.15, -0.1) is 0 Å². The molecule has 0 radical (unpaired) electrons. The highest BCUT2D eigenvalue weighted by Gasteiger charge is 2.34. The van der Waals surface area contributed by atoms with Crippen molar-refractivity contribution < 1.29 is 9.90 Å². The van der Waals surface area contributed by atoms with Gasteiger partial charge in [0.2, 0.25) is 0 Å². The second kappa shape index (κ2) is 5.95. The average molecular weight is 279 g/mol. The molecule has 1 aromatic heterocycles. The van der Waals surface area contributed by atoms with Gasteiger partial charge in [-0.3, -0.25) is 14.4 Å². The molecule has 1 saturated carbocycles. The van der Waals surface area contributed by atoms with Gasteiger partial charge in [-0.05, 0) is 39.3 Å². The summed E-state index contributed by atoms with van der Waals surface area (Å²) in [5, 5.41) is 14.0. The smallest absolute Gasteiger partial charge is 0.323 e. The van der Waals surface area contributed by atoms with Crippen molar-refractivity contribution in [3.63, 3.8) is 0 Å². The second-order valence-electron chi connectivity index (χ2n) is 6.10. The average Bonchev–Trinajstić information content (AvgIpc) is 3.06. The van der Waals surface area contributed by atoms with Gasteiger partial charge in [0.05, 0.1) is 11.7 Å². The van der Waals surface area contributed by atoms with Crippen LogP contribution in [-0.4, -0.2) is 37.8 Å². The van der Waals surface area contributed by atoms with Gasteiger partial charge in [-0.1, -0.05) is 19.8 Å². The Kier molecular flexibility index (Phi) is 4.48. The van der Waals surface area contributed by atoms with Gasteiger partial charge in [-0.25, -0.2) is 0 Å². The number of hydrogen-bond donors (Lipinski definition) is 1. The van der Waals surface area contributed by atoms with E-state index in [1.165, 1.54) is 25.7 Å². The first-order valence-electron chi connectivity index (χ1n) is 7.47. The van der Waals surface area contributed by atoms with Crippen LogP contribution in [0.5, 0.6) is 0 Å². The van der Waals surface area contributed by atoms with Crippen molar-refractivity contribution in [3.05, 3.63) is 18.0 Å². The summed E-state index contributed by atoms with van der Waals surface area (Å²) in [6.45, 7) is 6.74. The quantitative estimate of drug-likeness (QED) is 0.869. The molecule has 2 rings (SSSR count). The van der Waals surface area contributed by atoms with Crippen LogP contribution >= 0.6 is 0 Å². The van der Waals surface area contributed by atoms with Crippen molar-refractivity contribution in [2.75, 3.05) is 6.54 Å². The van der Waals surface area contributed by atoms with Crippen LogP contribution in [0, 0.1) is 0 Å². The van der Waals surface area contributed by atoms with Crippen LogP contribution < -0.4 is 0 Å². The van der Waals surface area contributed by atoms with E-state index in [0.717, 1.165) is 5.69 Å². The molecule has 1 aromatic rings. The number of aromatic nitrogens is 2. The second-order valence-corrected chi connectivity index (χ2v) is 6.10. The van der Waals surface area contributed by atoms with E-state index in [1.54, 1.807) is 13.8 Å². The van der Waals surface area contributed by atoms with E-state index in [1.807, 2.05) is 24.1 Å². The molecule has 1 heterocycles. The molecule has 0 aliphatic heterocycles. The van der Waals surface area contributed by atoms with Gasteiger partial charge >= 0.3 is 5.97 Å². The highest BCUT2D eigenvalue weighted by Crippen LogP contribution is 2.29. The Hall–Kier alpha value is -1.36. The standard InChI is InChI=1S/C15H25N3O2/c1-4-17(15(2,3)14(19)20)11-12-9-10-18(16-12)13-7-5-6-8-13/h9-10,13H,4-8,11H2,1-3H3,(H,19,20). The number of likely N-dealkylation sites (N-methyl/N-ethyl adjacent to an activating group) is 1. The molecule has 5 nitrogen and oxygen atoms in total. The van der Waals surface area contributed by atoms with Crippen LogP contribution in [0.15, 0.2) is 12.3 Å². The minimum atomic E-state index is -0.869. The lowest BCUT2D eigenvalue weighted by Gasteiger charge is -2.33. The number of carboxylic acids is 1. The van der Waals surface area contributed by atoms with Gasteiger partial charge in [0, 0.05) is 12.7 Å². The van der Waals surface area contributed by atoms with Crippen LogP contribution in [-0.2, 0) is 11.3 Å². The molecule has 5 heteroatoms. The molecular weight excluding hydrogens is 254 g/mol. The molecule has 1 N–H and O–H groups in total. The number of carbonyl (C=O) groups is 1. The Balaban J connectivity index is 2.06. The summed E-state index contributed by atoms with van der Waals surface area (Å²) < 4.78 is 2.06. The number of hydrogen-bond acceptors (Lipinski definition) is 3. The summed E-state index contributed by atoms with van der Waals surface area (Å²) in [6, 6.07) is 2.55. The molecule has 112 valence electrons. The van der Waals surface area contributed by atoms with Crippen molar-refractivity contribution in [3.8, 4) is 0 Å². The lowest BCUT2D eigenvalue weighted by Crippen LogP contribution is -2.49. The number of aliphatic carboxylic acids is 1. The Morgan fingerprint density at radius 1 is 1.50 bits per heavy atom. The largest absolute Gasteiger partial charge is 0.480 e. The number of rotatable bonds is 6. The van der Waals surface area contributed by atoms with Crippen molar-refractivity contribution in [1.29, 1.82) is 0 Å². The van der Waals surface area contributed by atoms with Gasteiger partial charge in [0.25, 0.3) is 0 Å². The fraction of sp³-hybridized carbons (Fsp3) is 0.733. The summed E-state index contributed by atoms with van der Waals surface area (Å²) >= 11 is 0. The third-order valence-electron chi connectivity index (χ3n) is 4.41. The molecule has 20 heavy (non-hydrogen) atoms. The van der Waals surface area contributed by atoms with Crippen LogP contribution in [0.3, 0.4) is 0 Å². The van der Waals surface area contributed by atoms with Crippen LogP contribution in [0.2, 0.25) is 0 Å². The van der Waals surface area contributed by atoms with Gasteiger partial charge in [-0.2, -0.15) is 5.10 Å². The first kappa shape index (κ1) is 15.0. The third-order valence-corrected chi connectivity index (χ3v) is 4.41. The number of carboxylic acid groups (broad SMARTS) is 1. The zero-order valence-electron chi connectivity index (χ0n) is 12.7. The molecule has 0 bridgehead atoms. The van der Waals surface area contributed by atoms with E-state index in [2.05, 4.69) is 9.78 Å². The maximum absolute atomic E-state index is 11.4. The van der Waals surface area contributed by atoms with Crippen LogP contribution in [0.25, 0.3) is 0 Å². The molecular formula is C15H25N3O2. The zero-order chi connectivity index (χ0) is 14.8. The Morgan fingerprint density at radius 3 is 2.70 bits per heavy atom. The first-order valence-corrected chi connectivity index (χ1v) is 7.47. The highest BCUT2D eigenvalue weighted by molar-refractivity contribution is 5.77. The molecule has 0 atom stereocenters. The maximum Gasteiger partial charge on any atom is 0.323 e. The minimum absolute atomic E-state index is 0.534. The van der Waals surface area contributed by atoms with Crippen LogP contribution in [0.1, 0.15) is 58.2 Å². The van der Waals surface area contributed by atoms with Crippen molar-refractivity contribution in [2.24, 2.45) is 0 Å². The predicted molar refractivity (Wildman–Crippen MR) is 77.5 cm³/mol. The molecule has 0 aromatic carbocycles. The van der Waals surface area contributed by atoms with E-state index in [9.17, 15) is 9.90 Å². The maximum atomic E-state index is 11.4. The van der Waals surface area contributed by atoms with E-state index in [-0.39, 0.29) is 0 Å². The van der Waals surface area contributed by atoms with Gasteiger partial charge in [0.1, 0.15) is 5.54 Å². The van der Waals surface area contributed by atoms with Crippen molar-refractivity contribution in [1.82, 2.24) is 14.7 Å². The predicted octanol–water partition coefficient (Wildman–Crippen LogP) is 2.68. The zero-order valence-corrected chi connectivity index (χ0v) is 12.7. The van der Waals surface area contributed by atoms with Crippen molar-refractivity contribution >= 4 is 5.97 Å². The fourth-order valence-electron chi connectivity index (χ4n) is 2.87. The molecule has 1 aliphatic carbocycles. The van der Waals surface area contributed by atoms with E-state index < -0.39 is 11.5 Å². The molecule has 1 fully saturated rings. The fourth-order valence-corrected chi connectivity index (χ4v) is 2.87. The van der Waals surface area contributed by atoms with Gasteiger partial charge in [0.15, 0.2) is 0 Å². The normalized spacial score (nSPS) is 17.0. The Bertz CT molecular complexity index is 461. The first-order chi connectivity index (χ1) is 9.45. The van der Waals surface area contributed by atoms with Crippen LogP contribution in [0.4, 0.5) is 0 Å². The molecule has 0 unspecified atom stereocenters. The lowest BCUT2D eigenvalue weighted by molar-refractivity contribution is -0.149. The third kappa shape index (κ3) is 3.03. The summed E-state index contributed by atoms with van der Waals surface area (Å²) in [7, 11) is 0. The van der Waals surface area contributed by atoms with Crippen molar-refractivity contribution in [2.45, 2.75) is 64.6 Å². The topological polar surface area (TPSA) is 58.4 Å². The summed E-state index contributed by atoms with van der Waals surface area (Å²) in [5.41, 5.74) is 0.0828. The minimum Gasteiger partial charge on any atom is -0.480 e. The lowest BCUT2D eigenvalue weighted by atomic mass is 10.0. The molecule has 1 aliphatic rings. The monoisotopic (exact) mass is 279 g/mol. The van der Waals surface area contributed by atoms with E-state index in [0.29, 0.717) is 19.1 Å². The number of nitrogens with zero attached hydrogens (tertiary/aromatic N) is 3. The Morgan fingerprint density at radius 2 is 2.15 bits per heavy atom. The summed E-state index contributed by atoms with van der Waals surface area (Å²) in [4.78, 5) is 13.3. The molecule has 0 saturated heterocycles.